The molecule has 0 bridgehead atoms. The Balaban J connectivity index is 2.48. The molecule has 0 unspecified atom stereocenters. The minimum absolute atomic E-state index is 0.133. The van der Waals surface area contributed by atoms with Gasteiger partial charge in [-0.3, -0.25) is 4.79 Å². The maximum atomic E-state index is 11.7. The number of halogens is 1. The quantitative estimate of drug-likeness (QED) is 0.769. The first-order valence-corrected chi connectivity index (χ1v) is 5.34. The van der Waals surface area contributed by atoms with E-state index in [0.29, 0.717) is 5.75 Å². The van der Waals surface area contributed by atoms with E-state index < -0.39 is 6.04 Å². The van der Waals surface area contributed by atoms with E-state index in [-0.39, 0.29) is 12.5 Å². The number of likely N-dealkylation sites (N-methyl/N-ethyl adjacent to an activating group) is 1. The highest BCUT2D eigenvalue weighted by atomic mass is 79.9. The lowest BCUT2D eigenvalue weighted by Gasteiger charge is -2.17. The first-order valence-electron chi connectivity index (χ1n) is 4.55. The van der Waals surface area contributed by atoms with Gasteiger partial charge in [-0.25, -0.2) is 0 Å². The minimum atomic E-state index is -0.596. The number of hydrogen-bond donors (Lipinski definition) is 1. The Morgan fingerprint density at radius 2 is 2.33 bits per heavy atom. The number of amides is 1. The summed E-state index contributed by atoms with van der Waals surface area (Å²) in [6, 6.07) is 4.93. The fourth-order valence-corrected chi connectivity index (χ4v) is 1.84. The lowest BCUT2D eigenvalue weighted by atomic mass is 10.2. The Hall–Kier alpha value is -1.07. The molecule has 0 spiro atoms. The third-order valence-corrected chi connectivity index (χ3v) is 2.84. The van der Waals surface area contributed by atoms with Gasteiger partial charge in [-0.05, 0) is 18.2 Å². The topological polar surface area (TPSA) is 55.6 Å². The molecule has 1 amide bonds. The third kappa shape index (κ3) is 1.85. The Labute approximate surface area is 96.1 Å². The van der Waals surface area contributed by atoms with Gasteiger partial charge in [0.2, 0.25) is 5.91 Å². The molecule has 2 rings (SSSR count). The summed E-state index contributed by atoms with van der Waals surface area (Å²) < 4.78 is 6.35. The summed E-state index contributed by atoms with van der Waals surface area (Å²) >= 11 is 3.35. The van der Waals surface area contributed by atoms with Crippen LogP contribution in [0.25, 0.3) is 0 Å². The van der Waals surface area contributed by atoms with Crippen molar-refractivity contribution in [1.82, 2.24) is 0 Å². The molecule has 5 heteroatoms. The fraction of sp³-hybridized carbons (Fsp3) is 0.300. The molecule has 2 N–H and O–H groups in total. The van der Waals surface area contributed by atoms with Gasteiger partial charge in [-0.1, -0.05) is 15.9 Å². The van der Waals surface area contributed by atoms with Crippen molar-refractivity contribution in [3.05, 3.63) is 22.7 Å². The summed E-state index contributed by atoms with van der Waals surface area (Å²) in [5.41, 5.74) is 6.40. The second-order valence-electron chi connectivity index (χ2n) is 3.43. The van der Waals surface area contributed by atoms with Crippen LogP contribution in [0.15, 0.2) is 22.7 Å². The lowest BCUT2D eigenvalue weighted by Crippen LogP contribution is -2.43. The van der Waals surface area contributed by atoms with Crippen LogP contribution in [0.4, 0.5) is 5.69 Å². The molecule has 15 heavy (non-hydrogen) atoms. The predicted molar refractivity (Wildman–Crippen MR) is 61.0 cm³/mol. The van der Waals surface area contributed by atoms with Gasteiger partial charge in [0.1, 0.15) is 18.4 Å². The van der Waals surface area contributed by atoms with Crippen molar-refractivity contribution in [1.29, 1.82) is 0 Å². The lowest BCUT2D eigenvalue weighted by molar-refractivity contribution is -0.119. The number of benzene rings is 1. The van der Waals surface area contributed by atoms with Gasteiger partial charge >= 0.3 is 0 Å². The normalized spacial score (nSPS) is 20.6. The van der Waals surface area contributed by atoms with Crippen LogP contribution in [0, 0.1) is 0 Å². The molecule has 0 aromatic heterocycles. The highest BCUT2D eigenvalue weighted by Crippen LogP contribution is 2.32. The molecule has 0 radical (unpaired) electrons. The summed E-state index contributed by atoms with van der Waals surface area (Å²) in [5, 5.41) is 0. The second-order valence-corrected chi connectivity index (χ2v) is 4.34. The van der Waals surface area contributed by atoms with Crippen molar-refractivity contribution in [3.8, 4) is 5.75 Å². The Bertz CT molecular complexity index is 408. The van der Waals surface area contributed by atoms with Crippen LogP contribution < -0.4 is 15.4 Å². The summed E-state index contributed by atoms with van der Waals surface area (Å²) in [7, 11) is 1.70. The monoisotopic (exact) mass is 270 g/mol. The fourth-order valence-electron chi connectivity index (χ4n) is 1.49. The summed E-state index contributed by atoms with van der Waals surface area (Å²) in [6.45, 7) is 0.220. The molecule has 1 aliphatic heterocycles. The van der Waals surface area contributed by atoms with Crippen LogP contribution in [0.5, 0.6) is 5.75 Å². The predicted octanol–water partition coefficient (Wildman–Crippen LogP) is 1.13. The maximum Gasteiger partial charge on any atom is 0.247 e. The minimum Gasteiger partial charge on any atom is -0.489 e. The van der Waals surface area contributed by atoms with Crippen LogP contribution in [-0.2, 0) is 4.79 Å². The van der Waals surface area contributed by atoms with E-state index in [0.717, 1.165) is 10.2 Å². The first-order chi connectivity index (χ1) is 7.09. The number of fused-ring (bicyclic) bond motifs is 1. The standard InChI is InChI=1S/C10H11BrN2O2/c1-13-8-4-6(11)2-3-9(8)15-5-7(12)10(13)14/h2-4,7H,5,12H2,1H3/t7-/m0/s1. The van der Waals surface area contributed by atoms with Gasteiger partial charge in [0.25, 0.3) is 0 Å². The Morgan fingerprint density at radius 1 is 1.60 bits per heavy atom. The number of hydrogen-bond acceptors (Lipinski definition) is 3. The number of rotatable bonds is 0. The van der Waals surface area contributed by atoms with Crippen LogP contribution in [0.3, 0.4) is 0 Å². The van der Waals surface area contributed by atoms with Crippen molar-refractivity contribution >= 4 is 27.5 Å². The molecule has 1 atom stereocenters. The van der Waals surface area contributed by atoms with Crippen LogP contribution in [-0.4, -0.2) is 25.6 Å². The number of carbonyl (C=O) groups excluding carboxylic acids is 1. The number of nitrogens with zero attached hydrogens (tertiary/aromatic N) is 1. The zero-order valence-corrected chi connectivity index (χ0v) is 9.82. The van der Waals surface area contributed by atoms with Crippen LogP contribution in [0.2, 0.25) is 0 Å². The van der Waals surface area contributed by atoms with Gasteiger partial charge < -0.3 is 15.4 Å². The van der Waals surface area contributed by atoms with Gasteiger partial charge in [0.15, 0.2) is 0 Å². The molecule has 1 aromatic rings. The van der Waals surface area contributed by atoms with Crippen LogP contribution in [0.1, 0.15) is 0 Å². The van der Waals surface area contributed by atoms with E-state index in [1.807, 2.05) is 18.2 Å². The van der Waals surface area contributed by atoms with E-state index in [1.165, 1.54) is 4.90 Å². The largest absolute Gasteiger partial charge is 0.489 e. The van der Waals surface area contributed by atoms with E-state index in [2.05, 4.69) is 15.9 Å². The number of ether oxygens (including phenoxy) is 1. The molecular formula is C10H11BrN2O2. The maximum absolute atomic E-state index is 11.7. The third-order valence-electron chi connectivity index (χ3n) is 2.35. The van der Waals surface area contributed by atoms with Crippen LogP contribution >= 0.6 is 15.9 Å². The van der Waals surface area contributed by atoms with Gasteiger partial charge in [0.05, 0.1) is 5.69 Å². The number of carbonyl (C=O) groups is 1. The van der Waals surface area contributed by atoms with Crippen molar-refractivity contribution in [3.63, 3.8) is 0 Å². The number of anilines is 1. The Kier molecular flexibility index (Phi) is 2.67. The van der Waals surface area contributed by atoms with E-state index in [4.69, 9.17) is 10.5 Å². The molecule has 1 aliphatic rings. The molecule has 0 saturated carbocycles. The van der Waals surface area contributed by atoms with Gasteiger partial charge in [-0.2, -0.15) is 0 Å². The van der Waals surface area contributed by atoms with Crippen molar-refractivity contribution in [2.24, 2.45) is 5.73 Å². The molecule has 0 aliphatic carbocycles. The molecule has 1 aromatic carbocycles. The molecule has 0 saturated heterocycles. The molecule has 0 fully saturated rings. The van der Waals surface area contributed by atoms with Crippen molar-refractivity contribution in [2.45, 2.75) is 6.04 Å². The van der Waals surface area contributed by atoms with Gasteiger partial charge in [0, 0.05) is 11.5 Å². The average Bonchev–Trinajstić information content (AvgIpc) is 2.32. The summed E-state index contributed by atoms with van der Waals surface area (Å²) in [6.07, 6.45) is 0. The highest BCUT2D eigenvalue weighted by molar-refractivity contribution is 9.10. The molecule has 1 heterocycles. The zero-order valence-electron chi connectivity index (χ0n) is 8.24. The summed E-state index contributed by atoms with van der Waals surface area (Å²) in [5.74, 6) is 0.550. The average molecular weight is 271 g/mol. The van der Waals surface area contributed by atoms with Crippen molar-refractivity contribution < 1.29 is 9.53 Å². The van der Waals surface area contributed by atoms with E-state index in [9.17, 15) is 4.79 Å². The molecular weight excluding hydrogens is 260 g/mol. The Morgan fingerprint density at radius 3 is 3.07 bits per heavy atom. The van der Waals surface area contributed by atoms with E-state index >= 15 is 0 Å². The second kappa shape index (κ2) is 3.83. The van der Waals surface area contributed by atoms with E-state index in [1.54, 1.807) is 7.05 Å². The van der Waals surface area contributed by atoms with Crippen molar-refractivity contribution in [2.75, 3.05) is 18.6 Å². The first kappa shape index (κ1) is 10.4. The SMILES string of the molecule is CN1C(=O)[C@@H](N)COc2ccc(Br)cc21. The smallest absolute Gasteiger partial charge is 0.247 e. The highest BCUT2D eigenvalue weighted by Gasteiger charge is 2.26. The van der Waals surface area contributed by atoms with Gasteiger partial charge in [-0.15, -0.1) is 0 Å². The zero-order chi connectivity index (χ0) is 11.0. The molecule has 80 valence electrons. The summed E-state index contributed by atoms with van der Waals surface area (Å²) in [4.78, 5) is 13.3. The molecule has 4 nitrogen and oxygen atoms in total. The number of nitrogens with two attached hydrogens (primary N) is 1.